The molecule has 0 saturated heterocycles. The Morgan fingerprint density at radius 2 is 2.00 bits per heavy atom. The van der Waals surface area contributed by atoms with Crippen LogP contribution in [0.15, 0.2) is 0 Å². The van der Waals surface area contributed by atoms with E-state index in [1.165, 1.54) is 38.5 Å². The molecule has 13 heavy (non-hydrogen) atoms. The topological polar surface area (TPSA) is 9.23 Å². The summed E-state index contributed by atoms with van der Waals surface area (Å²) in [6.07, 6.45) is 8.80. The van der Waals surface area contributed by atoms with Gasteiger partial charge in [-0.15, -0.1) is 0 Å². The third-order valence-corrected chi connectivity index (χ3v) is 4.16. The summed E-state index contributed by atoms with van der Waals surface area (Å²) < 4.78 is 5.26. The summed E-state index contributed by atoms with van der Waals surface area (Å²) in [6, 6.07) is 0. The molecule has 0 bridgehead atoms. The van der Waals surface area contributed by atoms with Crippen LogP contribution in [0.2, 0.25) is 0 Å². The highest BCUT2D eigenvalue weighted by atomic mass is 16.5. The molecular formula is C12H22O. The zero-order chi connectivity index (χ0) is 9.31. The monoisotopic (exact) mass is 182 g/mol. The lowest BCUT2D eigenvalue weighted by molar-refractivity contribution is 0.145. The molecule has 0 heterocycles. The van der Waals surface area contributed by atoms with E-state index in [1.54, 1.807) is 0 Å². The van der Waals surface area contributed by atoms with E-state index in [0.717, 1.165) is 23.9 Å². The van der Waals surface area contributed by atoms with Crippen molar-refractivity contribution in [1.29, 1.82) is 0 Å². The van der Waals surface area contributed by atoms with Gasteiger partial charge in [0.15, 0.2) is 0 Å². The number of hydrogen-bond donors (Lipinski definition) is 0. The smallest absolute Gasteiger partial charge is 0.0490 e. The minimum absolute atomic E-state index is 0.753. The molecule has 1 nitrogen and oxygen atoms in total. The Kier molecular flexibility index (Phi) is 2.64. The van der Waals surface area contributed by atoms with Crippen LogP contribution in [0.4, 0.5) is 0 Å². The van der Waals surface area contributed by atoms with Crippen LogP contribution in [-0.4, -0.2) is 13.7 Å². The van der Waals surface area contributed by atoms with Crippen molar-refractivity contribution in [2.45, 2.75) is 45.4 Å². The average molecular weight is 182 g/mol. The van der Waals surface area contributed by atoms with Gasteiger partial charge in [-0.1, -0.05) is 13.3 Å². The highest BCUT2D eigenvalue weighted by Crippen LogP contribution is 2.54. The molecule has 0 N–H and O–H groups in total. The van der Waals surface area contributed by atoms with E-state index in [-0.39, 0.29) is 0 Å². The zero-order valence-corrected chi connectivity index (χ0v) is 9.01. The summed E-state index contributed by atoms with van der Waals surface area (Å²) in [5.74, 6) is 1.86. The molecule has 0 aromatic rings. The van der Waals surface area contributed by atoms with Crippen LogP contribution in [0, 0.1) is 17.3 Å². The molecule has 2 aliphatic rings. The Morgan fingerprint density at radius 1 is 1.23 bits per heavy atom. The van der Waals surface area contributed by atoms with Crippen LogP contribution in [-0.2, 0) is 4.74 Å². The van der Waals surface area contributed by atoms with Crippen molar-refractivity contribution in [3.8, 4) is 0 Å². The Hall–Kier alpha value is -0.0400. The lowest BCUT2D eigenvalue weighted by Crippen LogP contribution is -2.13. The van der Waals surface area contributed by atoms with Crippen LogP contribution >= 0.6 is 0 Å². The molecule has 0 amide bonds. The maximum atomic E-state index is 5.26. The van der Waals surface area contributed by atoms with Gasteiger partial charge < -0.3 is 4.74 Å². The third kappa shape index (κ3) is 1.90. The van der Waals surface area contributed by atoms with E-state index in [9.17, 15) is 0 Å². The van der Waals surface area contributed by atoms with E-state index in [4.69, 9.17) is 4.74 Å². The molecule has 2 saturated carbocycles. The number of ether oxygens (including phenoxy) is 1. The van der Waals surface area contributed by atoms with Gasteiger partial charge >= 0.3 is 0 Å². The molecule has 0 aliphatic heterocycles. The average Bonchev–Trinajstić information content (AvgIpc) is 2.62. The number of hydrogen-bond acceptors (Lipinski definition) is 1. The lowest BCUT2D eigenvalue weighted by atomic mass is 9.83. The van der Waals surface area contributed by atoms with E-state index < -0.39 is 0 Å². The van der Waals surface area contributed by atoms with Gasteiger partial charge in [0, 0.05) is 13.7 Å². The standard InChI is InChI=1S/C12H22O/c1-10-3-5-12(7-10)6-4-11(8-12)9-13-2/h10-11H,3-9H2,1-2H3/t10-,11?,12?/m1/s1. The van der Waals surface area contributed by atoms with Gasteiger partial charge in [-0.05, 0) is 49.4 Å². The second-order valence-corrected chi connectivity index (χ2v) is 5.41. The predicted molar refractivity (Wildman–Crippen MR) is 54.7 cm³/mol. The van der Waals surface area contributed by atoms with Gasteiger partial charge in [0.25, 0.3) is 0 Å². The van der Waals surface area contributed by atoms with Crippen molar-refractivity contribution in [3.05, 3.63) is 0 Å². The molecule has 1 heteroatoms. The van der Waals surface area contributed by atoms with E-state index in [2.05, 4.69) is 6.92 Å². The number of rotatable bonds is 2. The van der Waals surface area contributed by atoms with Crippen LogP contribution in [0.5, 0.6) is 0 Å². The Balaban J connectivity index is 1.89. The lowest BCUT2D eigenvalue weighted by Gasteiger charge is -2.23. The van der Waals surface area contributed by atoms with Crippen molar-refractivity contribution in [2.75, 3.05) is 13.7 Å². The van der Waals surface area contributed by atoms with Gasteiger partial charge in [-0.25, -0.2) is 0 Å². The van der Waals surface area contributed by atoms with E-state index in [0.29, 0.717) is 0 Å². The molecule has 2 fully saturated rings. The molecule has 2 unspecified atom stereocenters. The maximum Gasteiger partial charge on any atom is 0.0490 e. The van der Waals surface area contributed by atoms with E-state index in [1.807, 2.05) is 7.11 Å². The summed E-state index contributed by atoms with van der Waals surface area (Å²) in [4.78, 5) is 0. The molecule has 3 atom stereocenters. The maximum absolute atomic E-state index is 5.26. The zero-order valence-electron chi connectivity index (χ0n) is 9.01. The molecule has 1 spiro atoms. The first-order chi connectivity index (χ1) is 6.24. The Morgan fingerprint density at radius 3 is 2.62 bits per heavy atom. The first kappa shape index (κ1) is 9.51. The minimum atomic E-state index is 0.753. The van der Waals surface area contributed by atoms with E-state index >= 15 is 0 Å². The fourth-order valence-corrected chi connectivity index (χ4v) is 3.61. The predicted octanol–water partition coefficient (Wildman–Crippen LogP) is 3.24. The van der Waals surface area contributed by atoms with Crippen molar-refractivity contribution >= 4 is 0 Å². The molecule has 0 radical (unpaired) electrons. The van der Waals surface area contributed by atoms with Crippen LogP contribution in [0.1, 0.15) is 45.4 Å². The van der Waals surface area contributed by atoms with Gasteiger partial charge in [0.1, 0.15) is 0 Å². The van der Waals surface area contributed by atoms with Crippen molar-refractivity contribution in [3.63, 3.8) is 0 Å². The second kappa shape index (κ2) is 3.61. The molecule has 2 rings (SSSR count). The van der Waals surface area contributed by atoms with Crippen LogP contribution < -0.4 is 0 Å². The molecule has 0 aromatic carbocycles. The third-order valence-electron chi connectivity index (χ3n) is 4.16. The van der Waals surface area contributed by atoms with Crippen molar-refractivity contribution < 1.29 is 4.74 Å². The van der Waals surface area contributed by atoms with Gasteiger partial charge in [0.05, 0.1) is 0 Å². The normalized spacial score (nSPS) is 44.8. The summed E-state index contributed by atoms with van der Waals surface area (Å²) in [7, 11) is 1.84. The van der Waals surface area contributed by atoms with Gasteiger partial charge in [-0.2, -0.15) is 0 Å². The SMILES string of the molecule is COCC1CCC2(CC[C@@H](C)C2)C1. The number of methoxy groups -OCH3 is 1. The molecule has 76 valence electrons. The summed E-state index contributed by atoms with van der Waals surface area (Å²) in [5.41, 5.74) is 0.753. The molecule has 0 aromatic heterocycles. The molecule has 2 aliphatic carbocycles. The highest BCUT2D eigenvalue weighted by Gasteiger charge is 2.42. The minimum Gasteiger partial charge on any atom is -0.384 e. The van der Waals surface area contributed by atoms with Crippen LogP contribution in [0.3, 0.4) is 0 Å². The summed E-state index contributed by atoms with van der Waals surface area (Å²) in [6.45, 7) is 3.41. The summed E-state index contributed by atoms with van der Waals surface area (Å²) in [5, 5.41) is 0. The summed E-state index contributed by atoms with van der Waals surface area (Å²) >= 11 is 0. The Labute approximate surface area is 81.9 Å². The molecular weight excluding hydrogens is 160 g/mol. The first-order valence-corrected chi connectivity index (χ1v) is 5.73. The van der Waals surface area contributed by atoms with Gasteiger partial charge in [0.2, 0.25) is 0 Å². The first-order valence-electron chi connectivity index (χ1n) is 5.73. The largest absolute Gasteiger partial charge is 0.384 e. The van der Waals surface area contributed by atoms with Crippen molar-refractivity contribution in [2.24, 2.45) is 17.3 Å². The van der Waals surface area contributed by atoms with Gasteiger partial charge in [-0.3, -0.25) is 0 Å². The second-order valence-electron chi connectivity index (χ2n) is 5.41. The fourth-order valence-electron chi connectivity index (χ4n) is 3.61. The van der Waals surface area contributed by atoms with Crippen molar-refractivity contribution in [1.82, 2.24) is 0 Å². The fraction of sp³-hybridized carbons (Fsp3) is 1.00. The highest BCUT2D eigenvalue weighted by molar-refractivity contribution is 4.94. The van der Waals surface area contributed by atoms with Crippen LogP contribution in [0.25, 0.3) is 0 Å². The Bertz CT molecular complexity index is 178. The quantitative estimate of drug-likeness (QED) is 0.637.